The van der Waals surface area contributed by atoms with Gasteiger partial charge in [-0.05, 0) is 42.8 Å². The zero-order chi connectivity index (χ0) is 16.2. The van der Waals surface area contributed by atoms with Crippen molar-refractivity contribution in [2.24, 2.45) is 5.92 Å². The van der Waals surface area contributed by atoms with Gasteiger partial charge in [0.1, 0.15) is 0 Å². The second-order valence-corrected chi connectivity index (χ2v) is 6.89. The highest BCUT2D eigenvalue weighted by Gasteiger charge is 2.25. The molecule has 0 bridgehead atoms. The first-order valence-corrected chi connectivity index (χ1v) is 9.34. The van der Waals surface area contributed by atoms with E-state index in [9.17, 15) is 4.79 Å². The largest absolute Gasteiger partial charge is 0.396 e. The number of carbonyl (C=O) groups excluding carboxylic acids is 1. The Balaban J connectivity index is 1.77. The minimum atomic E-state index is -0.00925. The summed E-state index contributed by atoms with van der Waals surface area (Å²) in [5.74, 6) is 1.67. The highest BCUT2D eigenvalue weighted by atomic mass is 32.2. The molecule has 3 rings (SSSR count). The third kappa shape index (κ3) is 3.67. The van der Waals surface area contributed by atoms with Gasteiger partial charge < -0.3 is 10.0 Å². The molecule has 1 fully saturated rings. The average molecular weight is 334 g/mol. The predicted octanol–water partition coefficient (Wildman–Crippen LogP) is 1.48. The third-order valence-electron chi connectivity index (χ3n) is 4.19. The minimum absolute atomic E-state index is 0.00925. The Morgan fingerprint density at radius 2 is 2.39 bits per heavy atom. The Labute approximate surface area is 139 Å². The van der Waals surface area contributed by atoms with Crippen LogP contribution in [0.15, 0.2) is 18.5 Å². The second-order valence-electron chi connectivity index (χ2n) is 5.98. The van der Waals surface area contributed by atoms with Crippen LogP contribution in [0.5, 0.6) is 0 Å². The van der Waals surface area contributed by atoms with E-state index in [1.54, 1.807) is 16.8 Å². The van der Waals surface area contributed by atoms with Gasteiger partial charge in [-0.25, -0.2) is 9.50 Å². The number of nitrogens with zero attached hydrogens (tertiary/aromatic N) is 4. The van der Waals surface area contributed by atoms with E-state index in [2.05, 4.69) is 16.3 Å². The van der Waals surface area contributed by atoms with Crippen molar-refractivity contribution in [1.29, 1.82) is 0 Å². The summed E-state index contributed by atoms with van der Waals surface area (Å²) < 4.78 is 1.63. The summed E-state index contributed by atoms with van der Waals surface area (Å²) >= 11 is 1.84. The fraction of sp³-hybridized carbons (Fsp3) is 0.562. The summed E-state index contributed by atoms with van der Waals surface area (Å²) in [6.07, 6.45) is 8.44. The van der Waals surface area contributed by atoms with Crippen LogP contribution in [0.3, 0.4) is 0 Å². The quantitative estimate of drug-likeness (QED) is 0.897. The van der Waals surface area contributed by atoms with Crippen LogP contribution < -0.4 is 0 Å². The van der Waals surface area contributed by atoms with Crippen molar-refractivity contribution >= 4 is 23.3 Å². The number of aliphatic hydroxyl groups is 1. The molecule has 7 heteroatoms. The van der Waals surface area contributed by atoms with E-state index < -0.39 is 0 Å². The zero-order valence-corrected chi connectivity index (χ0v) is 14.1. The molecule has 0 aromatic carbocycles. The van der Waals surface area contributed by atoms with Crippen molar-refractivity contribution in [3.63, 3.8) is 0 Å². The number of likely N-dealkylation sites (tertiary alicyclic amines) is 1. The number of rotatable bonds is 5. The molecule has 1 aliphatic rings. The van der Waals surface area contributed by atoms with Crippen molar-refractivity contribution < 1.29 is 9.90 Å². The van der Waals surface area contributed by atoms with Crippen molar-refractivity contribution in [2.75, 3.05) is 31.7 Å². The van der Waals surface area contributed by atoms with E-state index in [4.69, 9.17) is 5.11 Å². The first-order chi connectivity index (χ1) is 11.2. The van der Waals surface area contributed by atoms with Gasteiger partial charge in [0.25, 0.3) is 5.91 Å². The summed E-state index contributed by atoms with van der Waals surface area (Å²) in [5.41, 5.74) is 2.01. The van der Waals surface area contributed by atoms with E-state index in [-0.39, 0.29) is 12.5 Å². The molecule has 0 radical (unpaired) electrons. The maximum absolute atomic E-state index is 12.7. The molecule has 1 aliphatic heterocycles. The first kappa shape index (κ1) is 16.3. The number of amides is 1. The van der Waals surface area contributed by atoms with Crippen LogP contribution in [-0.2, 0) is 6.42 Å². The molecule has 124 valence electrons. The molecular weight excluding hydrogens is 312 g/mol. The summed E-state index contributed by atoms with van der Waals surface area (Å²) in [6, 6.07) is 1.74. The molecule has 2 aromatic rings. The fourth-order valence-corrected chi connectivity index (χ4v) is 3.80. The summed E-state index contributed by atoms with van der Waals surface area (Å²) in [6.45, 7) is 1.70. The molecule has 0 saturated carbocycles. The standard InChI is InChI=1S/C16H22N4O2S/c1-23-11-13-3-2-5-19(9-13)16(22)14-7-15-17-8-12(4-6-21)10-20(15)18-14/h7-8,10,13,21H,2-6,9,11H2,1H3/t13-/m0/s1. The monoisotopic (exact) mass is 334 g/mol. The van der Waals surface area contributed by atoms with Crippen LogP contribution in [0.1, 0.15) is 28.9 Å². The number of carbonyl (C=O) groups is 1. The number of fused-ring (bicyclic) bond motifs is 1. The molecule has 1 atom stereocenters. The van der Waals surface area contributed by atoms with E-state index in [0.717, 1.165) is 30.8 Å². The molecule has 0 aliphatic carbocycles. The number of hydrogen-bond donors (Lipinski definition) is 1. The summed E-state index contributed by atoms with van der Waals surface area (Å²) in [7, 11) is 0. The van der Waals surface area contributed by atoms with Gasteiger partial charge in [-0.1, -0.05) is 0 Å². The second kappa shape index (κ2) is 7.31. The van der Waals surface area contributed by atoms with Gasteiger partial charge in [0, 0.05) is 38.2 Å². The van der Waals surface area contributed by atoms with Crippen LogP contribution in [0, 0.1) is 5.92 Å². The predicted molar refractivity (Wildman–Crippen MR) is 90.8 cm³/mol. The molecule has 23 heavy (non-hydrogen) atoms. The Hall–Kier alpha value is -1.60. The molecular formula is C16H22N4O2S. The molecule has 3 heterocycles. The number of aromatic nitrogens is 3. The zero-order valence-electron chi connectivity index (χ0n) is 13.3. The van der Waals surface area contributed by atoms with Gasteiger partial charge in [-0.2, -0.15) is 16.9 Å². The number of piperidine rings is 1. The van der Waals surface area contributed by atoms with Crippen LogP contribution in [0.25, 0.3) is 5.65 Å². The minimum Gasteiger partial charge on any atom is -0.396 e. The van der Waals surface area contributed by atoms with Gasteiger partial charge in [-0.15, -0.1) is 0 Å². The van der Waals surface area contributed by atoms with Gasteiger partial charge in [0.05, 0.1) is 0 Å². The number of hydrogen-bond acceptors (Lipinski definition) is 5. The van der Waals surface area contributed by atoms with E-state index >= 15 is 0 Å². The first-order valence-electron chi connectivity index (χ1n) is 7.94. The van der Waals surface area contributed by atoms with Crippen LogP contribution in [0.4, 0.5) is 0 Å². The molecule has 6 nitrogen and oxygen atoms in total. The molecule has 1 amide bonds. The molecule has 1 saturated heterocycles. The number of aliphatic hydroxyl groups excluding tert-OH is 1. The normalized spacial score (nSPS) is 18.5. The van der Waals surface area contributed by atoms with E-state index in [1.165, 1.54) is 6.42 Å². The smallest absolute Gasteiger partial charge is 0.274 e. The molecule has 1 N–H and O–H groups in total. The van der Waals surface area contributed by atoms with E-state index in [0.29, 0.717) is 23.7 Å². The van der Waals surface area contributed by atoms with E-state index in [1.807, 2.05) is 22.9 Å². The Kier molecular flexibility index (Phi) is 5.17. The highest BCUT2D eigenvalue weighted by Crippen LogP contribution is 2.21. The molecule has 2 aromatic heterocycles. The molecule has 0 unspecified atom stereocenters. The molecule has 0 spiro atoms. The fourth-order valence-electron chi connectivity index (χ4n) is 3.06. The van der Waals surface area contributed by atoms with Gasteiger partial charge in [-0.3, -0.25) is 4.79 Å². The Morgan fingerprint density at radius 3 is 3.17 bits per heavy atom. The Bertz CT molecular complexity index is 686. The van der Waals surface area contributed by atoms with Crippen LogP contribution in [-0.4, -0.2) is 62.2 Å². The van der Waals surface area contributed by atoms with Crippen molar-refractivity contribution in [3.05, 3.63) is 29.7 Å². The maximum atomic E-state index is 12.7. The van der Waals surface area contributed by atoms with Crippen LogP contribution >= 0.6 is 11.8 Å². The average Bonchev–Trinajstić information content (AvgIpc) is 2.98. The highest BCUT2D eigenvalue weighted by molar-refractivity contribution is 7.98. The van der Waals surface area contributed by atoms with Gasteiger partial charge in [0.15, 0.2) is 11.3 Å². The summed E-state index contributed by atoms with van der Waals surface area (Å²) in [4.78, 5) is 18.9. The lowest BCUT2D eigenvalue weighted by molar-refractivity contribution is 0.0679. The Morgan fingerprint density at radius 1 is 1.52 bits per heavy atom. The lowest BCUT2D eigenvalue weighted by Crippen LogP contribution is -2.40. The summed E-state index contributed by atoms with van der Waals surface area (Å²) in [5, 5.41) is 13.4. The van der Waals surface area contributed by atoms with Gasteiger partial charge >= 0.3 is 0 Å². The topological polar surface area (TPSA) is 70.7 Å². The van der Waals surface area contributed by atoms with Crippen molar-refractivity contribution in [2.45, 2.75) is 19.3 Å². The van der Waals surface area contributed by atoms with Crippen molar-refractivity contribution in [1.82, 2.24) is 19.5 Å². The lowest BCUT2D eigenvalue weighted by Gasteiger charge is -2.32. The third-order valence-corrected chi connectivity index (χ3v) is 5.00. The SMILES string of the molecule is CSC[C@H]1CCCN(C(=O)c2cc3ncc(CCO)cn3n2)C1. The van der Waals surface area contributed by atoms with Crippen molar-refractivity contribution in [3.8, 4) is 0 Å². The maximum Gasteiger partial charge on any atom is 0.274 e. The number of thioether (sulfide) groups is 1. The lowest BCUT2D eigenvalue weighted by atomic mass is 10.00. The van der Waals surface area contributed by atoms with Crippen LogP contribution in [0.2, 0.25) is 0 Å². The van der Waals surface area contributed by atoms with Gasteiger partial charge in [0.2, 0.25) is 0 Å².